The maximum absolute atomic E-state index is 6.08. The number of ether oxygens (including phenoxy) is 1. The second kappa shape index (κ2) is 13.2. The minimum Gasteiger partial charge on any atom is -0.377 e. The molecule has 0 aromatic heterocycles. The standard InChI is InChI=1S/C21H44N4O.HI/c1-16(2)25(17(3)4)13-10-12-23-20(22-8)24-15-18-11-9-14-26-19(18)21(5,6)7;/h16-19H,9-15H2,1-8H3,(H2,22,23,24);1H. The van der Waals surface area contributed by atoms with E-state index in [4.69, 9.17) is 4.74 Å². The van der Waals surface area contributed by atoms with E-state index in [0.717, 1.165) is 45.0 Å². The molecule has 0 bridgehead atoms. The van der Waals surface area contributed by atoms with E-state index in [9.17, 15) is 0 Å². The van der Waals surface area contributed by atoms with Crippen LogP contribution >= 0.6 is 24.0 Å². The highest BCUT2D eigenvalue weighted by atomic mass is 127. The first-order valence-corrected chi connectivity index (χ1v) is 10.5. The Morgan fingerprint density at radius 1 is 1.15 bits per heavy atom. The first-order chi connectivity index (χ1) is 12.2. The Morgan fingerprint density at radius 3 is 2.30 bits per heavy atom. The molecule has 2 N–H and O–H groups in total. The van der Waals surface area contributed by atoms with Crippen molar-refractivity contribution in [3.63, 3.8) is 0 Å². The van der Waals surface area contributed by atoms with Crippen LogP contribution in [0.5, 0.6) is 0 Å². The summed E-state index contributed by atoms with van der Waals surface area (Å²) < 4.78 is 6.08. The topological polar surface area (TPSA) is 48.9 Å². The van der Waals surface area contributed by atoms with E-state index in [-0.39, 0.29) is 29.4 Å². The van der Waals surface area contributed by atoms with Gasteiger partial charge in [0.1, 0.15) is 0 Å². The molecule has 6 heteroatoms. The predicted octanol–water partition coefficient (Wildman–Crippen LogP) is 4.12. The smallest absolute Gasteiger partial charge is 0.190 e. The fraction of sp³-hybridized carbons (Fsp3) is 0.952. The van der Waals surface area contributed by atoms with E-state index in [1.165, 1.54) is 6.42 Å². The zero-order valence-corrected chi connectivity index (χ0v) is 21.3. The zero-order chi connectivity index (χ0) is 19.7. The Kier molecular flexibility index (Phi) is 13.2. The van der Waals surface area contributed by atoms with Gasteiger partial charge in [-0.3, -0.25) is 9.89 Å². The molecule has 0 amide bonds. The quantitative estimate of drug-likeness (QED) is 0.230. The number of halogens is 1. The summed E-state index contributed by atoms with van der Waals surface area (Å²) in [5.41, 5.74) is 0.181. The first kappa shape index (κ1) is 26.9. The summed E-state index contributed by atoms with van der Waals surface area (Å²) in [6.07, 6.45) is 3.82. The molecule has 1 aliphatic rings. The fourth-order valence-electron chi connectivity index (χ4n) is 4.04. The number of hydrogen-bond acceptors (Lipinski definition) is 3. The highest BCUT2D eigenvalue weighted by Crippen LogP contribution is 2.33. The molecule has 1 aliphatic heterocycles. The van der Waals surface area contributed by atoms with Gasteiger partial charge < -0.3 is 15.4 Å². The van der Waals surface area contributed by atoms with Crippen molar-refractivity contribution >= 4 is 29.9 Å². The van der Waals surface area contributed by atoms with Gasteiger partial charge in [-0.2, -0.15) is 0 Å². The lowest BCUT2D eigenvalue weighted by molar-refractivity contribution is -0.0835. The Labute approximate surface area is 185 Å². The SMILES string of the molecule is CN=C(NCCCN(C(C)C)C(C)C)NCC1CCCOC1C(C)(C)C.I. The van der Waals surface area contributed by atoms with Gasteiger partial charge in [-0.1, -0.05) is 20.8 Å². The summed E-state index contributed by atoms with van der Waals surface area (Å²) >= 11 is 0. The van der Waals surface area contributed by atoms with Crippen molar-refractivity contribution in [1.29, 1.82) is 0 Å². The Balaban J connectivity index is 0.00000676. The van der Waals surface area contributed by atoms with Gasteiger partial charge >= 0.3 is 0 Å². The van der Waals surface area contributed by atoms with Gasteiger partial charge in [-0.05, 0) is 52.4 Å². The normalized spacial score (nSPS) is 21.5. The Hall–Kier alpha value is -0.0800. The summed E-state index contributed by atoms with van der Waals surface area (Å²) in [4.78, 5) is 6.92. The summed E-state index contributed by atoms with van der Waals surface area (Å²) in [6, 6.07) is 1.18. The van der Waals surface area contributed by atoms with Crippen LogP contribution in [0.15, 0.2) is 4.99 Å². The Bertz CT molecular complexity index is 413. The van der Waals surface area contributed by atoms with Gasteiger partial charge in [0.2, 0.25) is 0 Å². The summed E-state index contributed by atoms with van der Waals surface area (Å²) in [5, 5.41) is 6.99. The van der Waals surface area contributed by atoms with Crippen LogP contribution in [-0.4, -0.2) is 62.3 Å². The second-order valence-corrected chi connectivity index (χ2v) is 9.22. The van der Waals surface area contributed by atoms with Crippen molar-refractivity contribution in [2.24, 2.45) is 16.3 Å². The first-order valence-electron chi connectivity index (χ1n) is 10.5. The molecule has 1 saturated heterocycles. The molecule has 0 radical (unpaired) electrons. The van der Waals surface area contributed by atoms with Crippen LogP contribution < -0.4 is 10.6 Å². The largest absolute Gasteiger partial charge is 0.377 e. The molecule has 0 aromatic rings. The van der Waals surface area contributed by atoms with Crippen molar-refractivity contribution < 1.29 is 4.74 Å². The van der Waals surface area contributed by atoms with Gasteiger partial charge in [0.15, 0.2) is 5.96 Å². The maximum Gasteiger partial charge on any atom is 0.190 e. The molecule has 2 unspecified atom stereocenters. The highest BCUT2D eigenvalue weighted by molar-refractivity contribution is 14.0. The molecule has 1 rings (SSSR count). The lowest BCUT2D eigenvalue weighted by Crippen LogP contribution is -2.48. The van der Waals surface area contributed by atoms with Crippen LogP contribution in [0.1, 0.15) is 67.7 Å². The van der Waals surface area contributed by atoms with Crippen LogP contribution in [-0.2, 0) is 4.74 Å². The molecule has 27 heavy (non-hydrogen) atoms. The number of nitrogens with one attached hydrogen (secondary N) is 2. The van der Waals surface area contributed by atoms with Crippen molar-refractivity contribution in [3.8, 4) is 0 Å². The number of guanidine groups is 1. The molecule has 1 heterocycles. The summed E-state index contributed by atoms with van der Waals surface area (Å²) in [5.74, 6) is 1.45. The fourth-order valence-corrected chi connectivity index (χ4v) is 4.04. The zero-order valence-electron chi connectivity index (χ0n) is 19.0. The van der Waals surface area contributed by atoms with Gasteiger partial charge in [0, 0.05) is 51.3 Å². The highest BCUT2D eigenvalue weighted by Gasteiger charge is 2.35. The van der Waals surface area contributed by atoms with E-state index in [1.54, 1.807) is 0 Å². The van der Waals surface area contributed by atoms with Gasteiger partial charge in [-0.15, -0.1) is 24.0 Å². The number of hydrogen-bond donors (Lipinski definition) is 2. The van der Waals surface area contributed by atoms with Crippen LogP contribution in [0, 0.1) is 11.3 Å². The van der Waals surface area contributed by atoms with Crippen LogP contribution in [0.2, 0.25) is 0 Å². The third-order valence-corrected chi connectivity index (χ3v) is 5.27. The van der Waals surface area contributed by atoms with Crippen molar-refractivity contribution in [3.05, 3.63) is 0 Å². The Morgan fingerprint density at radius 2 is 1.78 bits per heavy atom. The van der Waals surface area contributed by atoms with Gasteiger partial charge in [0.05, 0.1) is 6.10 Å². The third-order valence-electron chi connectivity index (χ3n) is 5.27. The van der Waals surface area contributed by atoms with Crippen molar-refractivity contribution in [2.75, 3.05) is 33.3 Å². The average Bonchev–Trinajstić information content (AvgIpc) is 2.56. The van der Waals surface area contributed by atoms with Crippen molar-refractivity contribution in [1.82, 2.24) is 15.5 Å². The van der Waals surface area contributed by atoms with Crippen molar-refractivity contribution in [2.45, 2.75) is 85.9 Å². The van der Waals surface area contributed by atoms with Gasteiger partial charge in [-0.25, -0.2) is 0 Å². The van der Waals surface area contributed by atoms with Crippen LogP contribution in [0.3, 0.4) is 0 Å². The number of rotatable bonds is 8. The molecule has 2 atom stereocenters. The molecule has 1 fully saturated rings. The van der Waals surface area contributed by atoms with E-state index in [0.29, 0.717) is 24.1 Å². The minimum atomic E-state index is 0. The molecule has 0 aliphatic carbocycles. The maximum atomic E-state index is 6.08. The predicted molar refractivity (Wildman–Crippen MR) is 128 cm³/mol. The van der Waals surface area contributed by atoms with E-state index < -0.39 is 0 Å². The molecule has 0 saturated carbocycles. The average molecular weight is 497 g/mol. The van der Waals surface area contributed by atoms with E-state index >= 15 is 0 Å². The van der Waals surface area contributed by atoms with Crippen LogP contribution in [0.4, 0.5) is 0 Å². The number of aliphatic imine (C=N–C) groups is 1. The van der Waals surface area contributed by atoms with E-state index in [2.05, 4.69) is 69.0 Å². The van der Waals surface area contributed by atoms with Gasteiger partial charge in [0.25, 0.3) is 0 Å². The molecular weight excluding hydrogens is 451 g/mol. The van der Waals surface area contributed by atoms with Crippen LogP contribution in [0.25, 0.3) is 0 Å². The molecule has 162 valence electrons. The number of nitrogens with zero attached hydrogens (tertiary/aromatic N) is 2. The second-order valence-electron chi connectivity index (χ2n) is 9.22. The summed E-state index contributed by atoms with van der Waals surface area (Å²) in [7, 11) is 1.85. The molecular formula is C21H45IN4O. The molecule has 0 aromatic carbocycles. The lowest BCUT2D eigenvalue weighted by Gasteiger charge is -2.40. The summed E-state index contributed by atoms with van der Waals surface area (Å²) in [6.45, 7) is 19.8. The minimum absolute atomic E-state index is 0. The molecule has 0 spiro atoms. The lowest BCUT2D eigenvalue weighted by atomic mass is 9.78. The molecule has 5 nitrogen and oxygen atoms in total. The monoisotopic (exact) mass is 496 g/mol. The van der Waals surface area contributed by atoms with E-state index in [1.807, 2.05) is 7.05 Å². The third kappa shape index (κ3) is 9.79.